The Morgan fingerprint density at radius 1 is 1.29 bits per heavy atom. The Labute approximate surface area is 103 Å². The first-order chi connectivity index (χ1) is 8.33. The smallest absolute Gasteiger partial charge is 0.0702 e. The van der Waals surface area contributed by atoms with Crippen LogP contribution >= 0.6 is 0 Å². The SMILES string of the molecule is CCC(CCc1cnc2ccccc2c1)NC. The van der Waals surface area contributed by atoms with E-state index in [9.17, 15) is 0 Å². The molecule has 0 saturated carbocycles. The summed E-state index contributed by atoms with van der Waals surface area (Å²) in [5.41, 5.74) is 2.41. The summed E-state index contributed by atoms with van der Waals surface area (Å²) in [4.78, 5) is 4.49. The molecular formula is C15H20N2. The molecule has 0 spiro atoms. The first-order valence-corrected chi connectivity index (χ1v) is 6.34. The minimum absolute atomic E-state index is 0.612. The number of nitrogens with one attached hydrogen (secondary N) is 1. The second-order valence-electron chi connectivity index (χ2n) is 4.47. The third-order valence-electron chi connectivity index (χ3n) is 3.33. The van der Waals surface area contributed by atoms with Crippen molar-refractivity contribution in [2.75, 3.05) is 7.05 Å². The Morgan fingerprint density at radius 2 is 2.12 bits per heavy atom. The first-order valence-electron chi connectivity index (χ1n) is 6.34. The van der Waals surface area contributed by atoms with E-state index in [2.05, 4.69) is 41.5 Å². The van der Waals surface area contributed by atoms with Crippen molar-refractivity contribution in [2.24, 2.45) is 0 Å². The summed E-state index contributed by atoms with van der Waals surface area (Å²) in [7, 11) is 2.03. The minimum Gasteiger partial charge on any atom is -0.317 e. The number of nitrogens with zero attached hydrogens (tertiary/aromatic N) is 1. The molecule has 0 amide bonds. The van der Waals surface area contributed by atoms with Crippen LogP contribution in [0.15, 0.2) is 36.5 Å². The molecule has 90 valence electrons. The van der Waals surface area contributed by atoms with E-state index >= 15 is 0 Å². The first kappa shape index (κ1) is 12.1. The van der Waals surface area contributed by atoms with Gasteiger partial charge in [-0.15, -0.1) is 0 Å². The second kappa shape index (κ2) is 5.78. The fraction of sp³-hybridized carbons (Fsp3) is 0.400. The van der Waals surface area contributed by atoms with Gasteiger partial charge in [0.05, 0.1) is 5.52 Å². The van der Waals surface area contributed by atoms with E-state index in [-0.39, 0.29) is 0 Å². The van der Waals surface area contributed by atoms with Crippen molar-refractivity contribution in [1.29, 1.82) is 0 Å². The quantitative estimate of drug-likeness (QED) is 0.850. The third kappa shape index (κ3) is 3.04. The van der Waals surface area contributed by atoms with Crippen molar-refractivity contribution in [3.8, 4) is 0 Å². The van der Waals surface area contributed by atoms with Crippen LogP contribution in [-0.2, 0) is 6.42 Å². The number of rotatable bonds is 5. The van der Waals surface area contributed by atoms with E-state index in [1.807, 2.05) is 19.3 Å². The van der Waals surface area contributed by atoms with Crippen molar-refractivity contribution >= 4 is 10.9 Å². The van der Waals surface area contributed by atoms with Crippen LogP contribution in [0.5, 0.6) is 0 Å². The van der Waals surface area contributed by atoms with Gasteiger partial charge in [0.1, 0.15) is 0 Å². The molecule has 2 aromatic rings. The molecule has 0 saturated heterocycles. The molecule has 17 heavy (non-hydrogen) atoms. The highest BCUT2D eigenvalue weighted by Crippen LogP contribution is 2.14. The van der Waals surface area contributed by atoms with Crippen LogP contribution in [0, 0.1) is 0 Å². The molecule has 0 aliphatic carbocycles. The van der Waals surface area contributed by atoms with Crippen LogP contribution in [0.25, 0.3) is 10.9 Å². The molecule has 1 atom stereocenters. The lowest BCUT2D eigenvalue weighted by Crippen LogP contribution is -2.24. The maximum absolute atomic E-state index is 4.49. The van der Waals surface area contributed by atoms with Gasteiger partial charge in [-0.05, 0) is 44.0 Å². The number of hydrogen-bond donors (Lipinski definition) is 1. The van der Waals surface area contributed by atoms with E-state index in [1.165, 1.54) is 23.8 Å². The highest BCUT2D eigenvalue weighted by molar-refractivity contribution is 5.78. The summed E-state index contributed by atoms with van der Waals surface area (Å²) in [5, 5.41) is 4.58. The highest BCUT2D eigenvalue weighted by Gasteiger charge is 2.04. The molecule has 0 bridgehead atoms. The average Bonchev–Trinajstić information content (AvgIpc) is 2.40. The van der Waals surface area contributed by atoms with Gasteiger partial charge in [0.25, 0.3) is 0 Å². The van der Waals surface area contributed by atoms with Crippen molar-refractivity contribution in [3.63, 3.8) is 0 Å². The fourth-order valence-electron chi connectivity index (χ4n) is 2.15. The zero-order chi connectivity index (χ0) is 12.1. The van der Waals surface area contributed by atoms with Crippen molar-refractivity contribution in [2.45, 2.75) is 32.2 Å². The molecule has 0 aliphatic heterocycles. The van der Waals surface area contributed by atoms with Gasteiger partial charge >= 0.3 is 0 Å². The molecule has 1 aromatic carbocycles. The molecule has 1 aromatic heterocycles. The van der Waals surface area contributed by atoms with E-state index in [0.717, 1.165) is 11.9 Å². The monoisotopic (exact) mass is 228 g/mol. The van der Waals surface area contributed by atoms with Crippen LogP contribution in [0.4, 0.5) is 0 Å². The largest absolute Gasteiger partial charge is 0.317 e. The number of hydrogen-bond acceptors (Lipinski definition) is 2. The average molecular weight is 228 g/mol. The molecule has 1 unspecified atom stereocenters. The summed E-state index contributed by atoms with van der Waals surface area (Å²) in [6.07, 6.45) is 5.45. The standard InChI is InChI=1S/C15H20N2/c1-3-14(16-2)9-8-12-10-13-6-4-5-7-15(13)17-11-12/h4-7,10-11,14,16H,3,8-9H2,1-2H3. The van der Waals surface area contributed by atoms with Crippen LogP contribution in [0.1, 0.15) is 25.3 Å². The molecule has 0 fully saturated rings. The van der Waals surface area contributed by atoms with E-state index in [1.54, 1.807) is 0 Å². The molecular weight excluding hydrogens is 208 g/mol. The minimum atomic E-state index is 0.612. The maximum atomic E-state index is 4.49. The van der Waals surface area contributed by atoms with Crippen molar-refractivity contribution < 1.29 is 0 Å². The zero-order valence-electron chi connectivity index (χ0n) is 10.6. The van der Waals surface area contributed by atoms with Gasteiger partial charge < -0.3 is 5.32 Å². The number of aromatic nitrogens is 1. The number of pyridine rings is 1. The highest BCUT2D eigenvalue weighted by atomic mass is 14.9. The van der Waals surface area contributed by atoms with Gasteiger partial charge in [-0.1, -0.05) is 25.1 Å². The van der Waals surface area contributed by atoms with Crippen LogP contribution < -0.4 is 5.32 Å². The Morgan fingerprint density at radius 3 is 2.88 bits per heavy atom. The number of para-hydroxylation sites is 1. The van der Waals surface area contributed by atoms with Gasteiger partial charge in [0, 0.05) is 17.6 Å². The Balaban J connectivity index is 2.09. The summed E-state index contributed by atoms with van der Waals surface area (Å²) >= 11 is 0. The normalized spacial score (nSPS) is 12.8. The van der Waals surface area contributed by atoms with E-state index in [0.29, 0.717) is 6.04 Å². The summed E-state index contributed by atoms with van der Waals surface area (Å²) in [6.45, 7) is 2.22. The number of fused-ring (bicyclic) bond motifs is 1. The Kier molecular flexibility index (Phi) is 4.10. The van der Waals surface area contributed by atoms with Crippen molar-refractivity contribution in [3.05, 3.63) is 42.1 Å². The van der Waals surface area contributed by atoms with Crippen LogP contribution in [0.3, 0.4) is 0 Å². The van der Waals surface area contributed by atoms with E-state index in [4.69, 9.17) is 0 Å². The molecule has 2 rings (SSSR count). The predicted molar refractivity (Wildman–Crippen MR) is 73.2 cm³/mol. The lowest BCUT2D eigenvalue weighted by Gasteiger charge is -2.13. The number of benzene rings is 1. The summed E-state index contributed by atoms with van der Waals surface area (Å²) in [5.74, 6) is 0. The molecule has 0 aliphatic rings. The second-order valence-corrected chi connectivity index (χ2v) is 4.47. The predicted octanol–water partition coefficient (Wildman–Crippen LogP) is 3.17. The van der Waals surface area contributed by atoms with Crippen molar-refractivity contribution in [1.82, 2.24) is 10.3 Å². The number of aryl methyl sites for hydroxylation is 1. The van der Waals surface area contributed by atoms with Gasteiger partial charge in [0.15, 0.2) is 0 Å². The lowest BCUT2D eigenvalue weighted by atomic mass is 10.0. The Hall–Kier alpha value is -1.41. The maximum Gasteiger partial charge on any atom is 0.0702 e. The zero-order valence-corrected chi connectivity index (χ0v) is 10.6. The molecule has 1 heterocycles. The molecule has 2 nitrogen and oxygen atoms in total. The van der Waals surface area contributed by atoms with Gasteiger partial charge in [-0.3, -0.25) is 4.98 Å². The molecule has 0 radical (unpaired) electrons. The molecule has 2 heteroatoms. The van der Waals surface area contributed by atoms with Gasteiger partial charge in [0.2, 0.25) is 0 Å². The summed E-state index contributed by atoms with van der Waals surface area (Å²) in [6, 6.07) is 11.1. The van der Waals surface area contributed by atoms with Gasteiger partial charge in [-0.25, -0.2) is 0 Å². The summed E-state index contributed by atoms with van der Waals surface area (Å²) < 4.78 is 0. The van der Waals surface area contributed by atoms with Crippen LogP contribution in [0.2, 0.25) is 0 Å². The fourth-order valence-corrected chi connectivity index (χ4v) is 2.15. The molecule has 1 N–H and O–H groups in total. The third-order valence-corrected chi connectivity index (χ3v) is 3.33. The van der Waals surface area contributed by atoms with Gasteiger partial charge in [-0.2, -0.15) is 0 Å². The van der Waals surface area contributed by atoms with E-state index < -0.39 is 0 Å². The van der Waals surface area contributed by atoms with Crippen LogP contribution in [-0.4, -0.2) is 18.1 Å². The Bertz CT molecular complexity index is 475. The topological polar surface area (TPSA) is 24.9 Å². The lowest BCUT2D eigenvalue weighted by molar-refractivity contribution is 0.508.